The van der Waals surface area contributed by atoms with Crippen molar-refractivity contribution in [3.8, 4) is 11.4 Å². The Bertz CT molecular complexity index is 833. The smallest absolute Gasteiger partial charge is 0.335 e. The number of hydrogen-bond donors (Lipinski definition) is 1. The Balaban J connectivity index is 1.86. The summed E-state index contributed by atoms with van der Waals surface area (Å²) in [4.78, 5) is 13.3. The molecule has 1 aliphatic rings. The predicted octanol–water partition coefficient (Wildman–Crippen LogP) is 3.03. The lowest BCUT2D eigenvalue weighted by molar-refractivity contribution is 0.0697. The molecule has 0 spiro atoms. The van der Waals surface area contributed by atoms with Crippen molar-refractivity contribution in [2.45, 2.75) is 25.7 Å². The van der Waals surface area contributed by atoms with Crippen LogP contribution in [0.5, 0.6) is 0 Å². The third-order valence-electron chi connectivity index (χ3n) is 3.90. The normalized spacial score (nSPS) is 14.3. The van der Waals surface area contributed by atoms with E-state index >= 15 is 0 Å². The van der Waals surface area contributed by atoms with Crippen molar-refractivity contribution in [3.05, 3.63) is 40.4 Å². The second-order valence-corrected chi connectivity index (χ2v) is 6.27. The molecule has 4 rings (SSSR count). The van der Waals surface area contributed by atoms with E-state index in [-0.39, 0.29) is 5.56 Å². The van der Waals surface area contributed by atoms with Gasteiger partial charge in [0.1, 0.15) is 0 Å². The molecule has 6 heteroatoms. The molecule has 5 nitrogen and oxygen atoms in total. The van der Waals surface area contributed by atoms with E-state index in [4.69, 9.17) is 5.11 Å². The molecule has 0 saturated carbocycles. The lowest BCUT2D eigenvalue weighted by Gasteiger charge is -2.11. The first-order valence-electron chi connectivity index (χ1n) is 6.93. The third-order valence-corrected chi connectivity index (χ3v) is 5.03. The van der Waals surface area contributed by atoms with Crippen molar-refractivity contribution in [2.75, 3.05) is 0 Å². The quantitative estimate of drug-likeness (QED) is 0.789. The number of carboxylic acid groups (broad SMARTS) is 1. The lowest BCUT2D eigenvalue weighted by Crippen LogP contribution is -2.04. The average Bonchev–Trinajstić information content (AvgIpc) is 3.06. The van der Waals surface area contributed by atoms with Crippen molar-refractivity contribution in [3.63, 3.8) is 0 Å². The number of rotatable bonds is 2. The topological polar surface area (TPSA) is 67.5 Å². The highest BCUT2D eigenvalue weighted by Gasteiger charge is 2.20. The van der Waals surface area contributed by atoms with Gasteiger partial charge in [0.2, 0.25) is 4.96 Å². The maximum atomic E-state index is 10.9. The molecule has 0 unspecified atom stereocenters. The van der Waals surface area contributed by atoms with E-state index in [0.29, 0.717) is 0 Å². The summed E-state index contributed by atoms with van der Waals surface area (Å²) in [6.45, 7) is 0. The fourth-order valence-corrected chi connectivity index (χ4v) is 3.99. The summed E-state index contributed by atoms with van der Waals surface area (Å²) in [5.74, 6) is -0.109. The van der Waals surface area contributed by atoms with E-state index in [9.17, 15) is 4.79 Å². The minimum Gasteiger partial charge on any atom is -0.478 e. The number of fused-ring (bicyclic) bond motifs is 3. The van der Waals surface area contributed by atoms with Crippen LogP contribution in [0, 0.1) is 0 Å². The Labute approximate surface area is 124 Å². The summed E-state index contributed by atoms with van der Waals surface area (Å²) in [7, 11) is 0. The van der Waals surface area contributed by atoms with Gasteiger partial charge in [-0.05, 0) is 37.8 Å². The molecular formula is C15H13N3O2S. The van der Waals surface area contributed by atoms with Crippen molar-refractivity contribution in [1.82, 2.24) is 14.6 Å². The molecule has 21 heavy (non-hydrogen) atoms. The van der Waals surface area contributed by atoms with Gasteiger partial charge in [-0.2, -0.15) is 0 Å². The number of carbonyl (C=O) groups is 1. The minimum atomic E-state index is -0.916. The number of benzene rings is 1. The van der Waals surface area contributed by atoms with Crippen LogP contribution in [0.3, 0.4) is 0 Å². The second kappa shape index (κ2) is 4.66. The Morgan fingerprint density at radius 2 is 1.90 bits per heavy atom. The highest BCUT2D eigenvalue weighted by Crippen LogP contribution is 2.32. The number of aromatic nitrogens is 3. The monoisotopic (exact) mass is 299 g/mol. The van der Waals surface area contributed by atoms with Crippen LogP contribution < -0.4 is 0 Å². The van der Waals surface area contributed by atoms with Gasteiger partial charge in [-0.25, -0.2) is 4.79 Å². The van der Waals surface area contributed by atoms with Gasteiger partial charge in [0, 0.05) is 16.1 Å². The molecule has 0 bridgehead atoms. The Hall–Kier alpha value is -2.21. The van der Waals surface area contributed by atoms with E-state index in [1.807, 2.05) is 0 Å². The summed E-state index contributed by atoms with van der Waals surface area (Å²) in [6.07, 6.45) is 4.63. The first-order valence-corrected chi connectivity index (χ1v) is 7.75. The molecule has 3 aromatic rings. The summed E-state index contributed by atoms with van der Waals surface area (Å²) < 4.78 is 2.13. The summed E-state index contributed by atoms with van der Waals surface area (Å²) in [5.41, 5.74) is 2.51. The maximum Gasteiger partial charge on any atom is 0.335 e. The van der Waals surface area contributed by atoms with Gasteiger partial charge in [0.15, 0.2) is 5.82 Å². The van der Waals surface area contributed by atoms with Crippen molar-refractivity contribution < 1.29 is 9.90 Å². The number of hydrogen-bond acceptors (Lipinski definition) is 4. The van der Waals surface area contributed by atoms with E-state index in [0.717, 1.165) is 29.2 Å². The number of aromatic carboxylic acids is 1. The predicted molar refractivity (Wildman–Crippen MR) is 79.9 cm³/mol. The highest BCUT2D eigenvalue weighted by molar-refractivity contribution is 7.17. The SMILES string of the molecule is O=C(O)c1ccc(-c2nnc3sc4c(n23)CCCC4)cc1. The van der Waals surface area contributed by atoms with Gasteiger partial charge in [-0.1, -0.05) is 23.5 Å². The zero-order valence-corrected chi connectivity index (χ0v) is 12.1. The molecule has 2 aromatic heterocycles. The van der Waals surface area contributed by atoms with Gasteiger partial charge < -0.3 is 5.11 Å². The average molecular weight is 299 g/mol. The van der Waals surface area contributed by atoms with Gasteiger partial charge in [0.25, 0.3) is 0 Å². The van der Waals surface area contributed by atoms with Crippen LogP contribution >= 0.6 is 11.3 Å². The van der Waals surface area contributed by atoms with Crippen LogP contribution in [0.1, 0.15) is 33.8 Å². The largest absolute Gasteiger partial charge is 0.478 e. The summed E-state index contributed by atoms with van der Waals surface area (Å²) in [6, 6.07) is 6.81. The van der Waals surface area contributed by atoms with Crippen LogP contribution in [0.2, 0.25) is 0 Å². The fraction of sp³-hybridized carbons (Fsp3) is 0.267. The molecule has 2 heterocycles. The van der Waals surface area contributed by atoms with Gasteiger partial charge in [0.05, 0.1) is 5.56 Å². The van der Waals surface area contributed by atoms with Crippen LogP contribution in [0.4, 0.5) is 0 Å². The zero-order chi connectivity index (χ0) is 14.4. The molecule has 1 aliphatic carbocycles. The Morgan fingerprint density at radius 3 is 2.67 bits per heavy atom. The van der Waals surface area contributed by atoms with E-state index in [2.05, 4.69) is 14.6 Å². The van der Waals surface area contributed by atoms with Gasteiger partial charge >= 0.3 is 5.97 Å². The third kappa shape index (κ3) is 1.94. The molecule has 0 fully saturated rings. The molecule has 0 atom stereocenters. The first-order chi connectivity index (χ1) is 10.2. The summed E-state index contributed by atoms with van der Waals surface area (Å²) >= 11 is 1.72. The van der Waals surface area contributed by atoms with E-state index in [1.165, 1.54) is 23.4 Å². The van der Waals surface area contributed by atoms with E-state index in [1.54, 1.807) is 35.6 Å². The molecular weight excluding hydrogens is 286 g/mol. The Kier molecular flexibility index (Phi) is 2.78. The Morgan fingerprint density at radius 1 is 1.14 bits per heavy atom. The molecule has 106 valence electrons. The van der Waals surface area contributed by atoms with Crippen molar-refractivity contribution >= 4 is 22.3 Å². The maximum absolute atomic E-state index is 10.9. The molecule has 0 radical (unpaired) electrons. The van der Waals surface area contributed by atoms with Crippen molar-refractivity contribution in [2.24, 2.45) is 0 Å². The molecule has 0 amide bonds. The fourth-order valence-electron chi connectivity index (χ4n) is 2.85. The second-order valence-electron chi connectivity index (χ2n) is 5.20. The molecule has 1 N–H and O–H groups in total. The number of nitrogens with zero attached hydrogens (tertiary/aromatic N) is 3. The minimum absolute atomic E-state index is 0.284. The van der Waals surface area contributed by atoms with E-state index < -0.39 is 5.97 Å². The van der Waals surface area contributed by atoms with Crippen molar-refractivity contribution in [1.29, 1.82) is 0 Å². The number of thiazole rings is 1. The molecule has 1 aromatic carbocycles. The van der Waals surface area contributed by atoms with Crippen LogP contribution in [-0.2, 0) is 12.8 Å². The highest BCUT2D eigenvalue weighted by atomic mass is 32.1. The zero-order valence-electron chi connectivity index (χ0n) is 11.2. The molecule has 0 aliphatic heterocycles. The van der Waals surface area contributed by atoms with Crippen LogP contribution in [0.15, 0.2) is 24.3 Å². The first kappa shape index (κ1) is 12.5. The van der Waals surface area contributed by atoms with Crippen LogP contribution in [-0.4, -0.2) is 25.7 Å². The number of carboxylic acids is 1. The van der Waals surface area contributed by atoms with Gasteiger partial charge in [-0.15, -0.1) is 10.2 Å². The lowest BCUT2D eigenvalue weighted by atomic mass is 10.0. The number of aryl methyl sites for hydroxylation is 2. The standard InChI is InChI=1S/C15H13N3O2S/c19-14(20)10-7-5-9(6-8-10)13-16-17-15-18(13)11-3-1-2-4-12(11)21-15/h5-8H,1-4H2,(H,19,20). The summed E-state index contributed by atoms with van der Waals surface area (Å²) in [5, 5.41) is 17.5. The molecule has 0 saturated heterocycles. The van der Waals surface area contributed by atoms with Gasteiger partial charge in [-0.3, -0.25) is 4.40 Å². The van der Waals surface area contributed by atoms with Crippen LogP contribution in [0.25, 0.3) is 16.3 Å².